The van der Waals surface area contributed by atoms with Crippen molar-refractivity contribution in [3.8, 4) is 0 Å². The molecule has 1 aromatic carbocycles. The lowest BCUT2D eigenvalue weighted by Crippen LogP contribution is -2.39. The van der Waals surface area contributed by atoms with Crippen molar-refractivity contribution in [2.45, 2.75) is 25.2 Å². The van der Waals surface area contributed by atoms with Crippen LogP contribution in [0.1, 0.15) is 20.3 Å². The summed E-state index contributed by atoms with van der Waals surface area (Å²) < 4.78 is 22.4. The van der Waals surface area contributed by atoms with Crippen LogP contribution in [0.4, 0.5) is 5.69 Å². The van der Waals surface area contributed by atoms with E-state index in [2.05, 4.69) is 5.32 Å². The van der Waals surface area contributed by atoms with Crippen molar-refractivity contribution >= 4 is 27.5 Å². The summed E-state index contributed by atoms with van der Waals surface area (Å²) in [5.41, 5.74) is 0.485. The smallest absolute Gasteiger partial charge is 0.238 e. The summed E-state index contributed by atoms with van der Waals surface area (Å²) in [6.45, 7) is 5.88. The van der Waals surface area contributed by atoms with Crippen LogP contribution in [0.25, 0.3) is 0 Å². The Morgan fingerprint density at radius 1 is 1.12 bits per heavy atom. The fraction of sp³-hybridized carbons (Fsp3) is 0.500. The number of nitrogens with one attached hydrogen (secondary N) is 1. The molecule has 0 fully saturated rings. The summed E-state index contributed by atoms with van der Waals surface area (Å²) in [5.74, 6) is -0.183. The second-order valence-corrected chi connectivity index (χ2v) is 7.23. The molecule has 140 valence electrons. The van der Waals surface area contributed by atoms with Crippen molar-refractivity contribution in [3.05, 3.63) is 24.3 Å². The number of carbonyl (C=O) groups is 2. The predicted octanol–water partition coefficient (Wildman–Crippen LogP) is 0.463. The van der Waals surface area contributed by atoms with Gasteiger partial charge in [0.2, 0.25) is 21.8 Å². The molecule has 1 aromatic rings. The molecule has 3 N–H and O–H groups in total. The second kappa shape index (κ2) is 9.50. The van der Waals surface area contributed by atoms with E-state index in [9.17, 15) is 18.0 Å². The molecule has 0 saturated heterocycles. The minimum atomic E-state index is -3.75. The molecule has 0 radical (unpaired) electrons. The topological polar surface area (TPSA) is 113 Å². The predicted molar refractivity (Wildman–Crippen MR) is 96.5 cm³/mol. The van der Waals surface area contributed by atoms with Gasteiger partial charge in [-0.2, -0.15) is 0 Å². The number of nitrogens with zero attached hydrogens (tertiary/aromatic N) is 2. The van der Waals surface area contributed by atoms with Crippen LogP contribution in [-0.2, 0) is 19.6 Å². The Balaban J connectivity index is 2.45. The summed E-state index contributed by atoms with van der Waals surface area (Å²) >= 11 is 0. The zero-order valence-corrected chi connectivity index (χ0v) is 15.7. The highest BCUT2D eigenvalue weighted by molar-refractivity contribution is 7.89. The van der Waals surface area contributed by atoms with Gasteiger partial charge in [-0.15, -0.1) is 0 Å². The third-order valence-corrected chi connectivity index (χ3v) is 4.64. The number of hydrogen-bond donors (Lipinski definition) is 2. The first-order valence-corrected chi connectivity index (χ1v) is 9.61. The van der Waals surface area contributed by atoms with Gasteiger partial charge >= 0.3 is 0 Å². The first-order chi connectivity index (χ1) is 11.7. The first-order valence-electron chi connectivity index (χ1n) is 8.06. The Labute approximate surface area is 149 Å². The molecular weight excluding hydrogens is 344 g/mol. The number of nitrogens with two attached hydrogens (primary N) is 1. The highest BCUT2D eigenvalue weighted by Gasteiger charge is 2.13. The summed E-state index contributed by atoms with van der Waals surface area (Å²) in [6.07, 6.45) is 0.221. The first kappa shape index (κ1) is 21.1. The van der Waals surface area contributed by atoms with Crippen molar-refractivity contribution in [1.82, 2.24) is 9.80 Å². The van der Waals surface area contributed by atoms with Gasteiger partial charge in [-0.1, -0.05) is 0 Å². The minimum absolute atomic E-state index is 0.0138. The zero-order chi connectivity index (χ0) is 19.0. The van der Waals surface area contributed by atoms with E-state index in [-0.39, 0.29) is 29.7 Å². The van der Waals surface area contributed by atoms with Gasteiger partial charge in [0.15, 0.2) is 0 Å². The summed E-state index contributed by atoms with van der Waals surface area (Å²) in [4.78, 5) is 27.5. The molecule has 0 aromatic heterocycles. The molecule has 0 aliphatic carbocycles. The number of benzene rings is 1. The van der Waals surface area contributed by atoms with Gasteiger partial charge in [0.1, 0.15) is 0 Å². The maximum Gasteiger partial charge on any atom is 0.238 e. The van der Waals surface area contributed by atoms with Crippen LogP contribution >= 0.6 is 0 Å². The highest BCUT2D eigenvalue weighted by atomic mass is 32.2. The molecule has 0 bridgehead atoms. The van der Waals surface area contributed by atoms with Gasteiger partial charge in [-0.05, 0) is 45.2 Å². The molecule has 0 aliphatic rings. The lowest BCUT2D eigenvalue weighted by molar-refractivity contribution is -0.132. The number of hydrogen-bond acceptors (Lipinski definition) is 5. The SMILES string of the molecule is CCN(CC)C(=O)CN(C)CCC(=O)Nc1ccc(S(N)(=O)=O)cc1. The number of carbonyl (C=O) groups excluding carboxylic acids is 2. The molecule has 0 atom stereocenters. The fourth-order valence-corrected chi connectivity index (χ4v) is 2.75. The van der Waals surface area contributed by atoms with Gasteiger partial charge in [0.25, 0.3) is 0 Å². The summed E-state index contributed by atoms with van der Waals surface area (Å²) in [5, 5.41) is 7.70. The third-order valence-electron chi connectivity index (χ3n) is 3.71. The number of anilines is 1. The number of rotatable bonds is 9. The molecule has 25 heavy (non-hydrogen) atoms. The molecule has 0 heterocycles. The normalized spacial score (nSPS) is 11.4. The quantitative estimate of drug-likeness (QED) is 0.656. The largest absolute Gasteiger partial charge is 0.342 e. The second-order valence-electron chi connectivity index (χ2n) is 5.67. The minimum Gasteiger partial charge on any atom is -0.342 e. The van der Waals surface area contributed by atoms with E-state index in [0.29, 0.717) is 25.3 Å². The van der Waals surface area contributed by atoms with E-state index in [4.69, 9.17) is 5.14 Å². The van der Waals surface area contributed by atoms with Crippen LogP contribution < -0.4 is 10.5 Å². The van der Waals surface area contributed by atoms with Crippen molar-refractivity contribution < 1.29 is 18.0 Å². The van der Waals surface area contributed by atoms with Crippen LogP contribution in [0.2, 0.25) is 0 Å². The van der Waals surface area contributed by atoms with Crippen LogP contribution in [-0.4, -0.2) is 63.3 Å². The molecule has 8 nitrogen and oxygen atoms in total. The van der Waals surface area contributed by atoms with Crippen molar-refractivity contribution in [2.24, 2.45) is 5.14 Å². The van der Waals surface area contributed by atoms with Crippen molar-refractivity contribution in [1.29, 1.82) is 0 Å². The Morgan fingerprint density at radius 2 is 1.68 bits per heavy atom. The zero-order valence-electron chi connectivity index (χ0n) is 14.9. The van der Waals surface area contributed by atoms with E-state index in [0.717, 1.165) is 0 Å². The van der Waals surface area contributed by atoms with Gasteiger partial charge in [0, 0.05) is 31.7 Å². The summed E-state index contributed by atoms with van der Waals surface area (Å²) in [6, 6.07) is 5.62. The molecule has 2 amide bonds. The molecule has 9 heteroatoms. The van der Waals surface area contributed by atoms with Crippen molar-refractivity contribution in [3.63, 3.8) is 0 Å². The molecule has 0 saturated carbocycles. The number of sulfonamides is 1. The van der Waals surface area contributed by atoms with E-state index in [1.54, 1.807) is 16.8 Å². The van der Waals surface area contributed by atoms with Crippen LogP contribution in [0.5, 0.6) is 0 Å². The monoisotopic (exact) mass is 370 g/mol. The molecule has 0 aliphatic heterocycles. The molecular formula is C16H26N4O4S. The maximum atomic E-state index is 12.0. The van der Waals surface area contributed by atoms with Gasteiger partial charge in [0.05, 0.1) is 11.4 Å². The average Bonchev–Trinajstić information content (AvgIpc) is 2.53. The highest BCUT2D eigenvalue weighted by Crippen LogP contribution is 2.12. The number of likely N-dealkylation sites (N-methyl/N-ethyl adjacent to an activating group) is 2. The molecule has 1 rings (SSSR count). The van der Waals surface area contributed by atoms with E-state index < -0.39 is 10.0 Å². The number of amides is 2. The molecule has 0 unspecified atom stereocenters. The average molecular weight is 370 g/mol. The Morgan fingerprint density at radius 3 is 2.16 bits per heavy atom. The Bertz CT molecular complexity index is 685. The Hall–Kier alpha value is -1.97. The van der Waals surface area contributed by atoms with Gasteiger partial charge in [-0.3, -0.25) is 14.5 Å². The lowest BCUT2D eigenvalue weighted by atomic mass is 10.3. The summed E-state index contributed by atoms with van der Waals surface area (Å²) in [7, 11) is -1.96. The molecule has 0 spiro atoms. The number of primary sulfonamides is 1. The van der Waals surface area contributed by atoms with Gasteiger partial charge in [-0.25, -0.2) is 13.6 Å². The van der Waals surface area contributed by atoms with Crippen LogP contribution in [0, 0.1) is 0 Å². The van der Waals surface area contributed by atoms with Crippen LogP contribution in [0.3, 0.4) is 0 Å². The van der Waals surface area contributed by atoms with E-state index >= 15 is 0 Å². The van der Waals surface area contributed by atoms with Gasteiger partial charge < -0.3 is 10.2 Å². The fourth-order valence-electron chi connectivity index (χ4n) is 2.23. The Kier molecular flexibility index (Phi) is 8.01. The third kappa shape index (κ3) is 7.20. The standard InChI is InChI=1S/C16H26N4O4S/c1-4-20(5-2)16(22)12-19(3)11-10-15(21)18-13-6-8-14(9-7-13)25(17,23)24/h6-9H,4-5,10-12H2,1-3H3,(H,18,21)(H2,17,23,24). The van der Waals surface area contributed by atoms with E-state index in [1.807, 2.05) is 13.8 Å². The maximum absolute atomic E-state index is 12.0. The van der Waals surface area contributed by atoms with Crippen molar-refractivity contribution in [2.75, 3.05) is 38.5 Å². The van der Waals surface area contributed by atoms with E-state index in [1.165, 1.54) is 24.3 Å². The lowest BCUT2D eigenvalue weighted by Gasteiger charge is -2.22. The van der Waals surface area contributed by atoms with Crippen LogP contribution in [0.15, 0.2) is 29.2 Å².